The largest absolute Gasteiger partial charge is 0.469 e. The second-order valence-electron chi connectivity index (χ2n) is 7.37. The zero-order valence-corrected chi connectivity index (χ0v) is 13.4. The van der Waals surface area contributed by atoms with Crippen molar-refractivity contribution in [1.82, 2.24) is 10.2 Å². The second kappa shape index (κ2) is 7.10. The molecule has 3 fully saturated rings. The molecule has 0 bridgehead atoms. The number of rotatable bonds is 6. The number of ether oxygens (including phenoxy) is 1. The Morgan fingerprint density at radius 3 is 2.43 bits per heavy atom. The van der Waals surface area contributed by atoms with Crippen LogP contribution in [0, 0.1) is 17.8 Å². The van der Waals surface area contributed by atoms with Gasteiger partial charge in [-0.2, -0.15) is 0 Å². The maximum atomic E-state index is 12.0. The summed E-state index contributed by atoms with van der Waals surface area (Å²) in [6, 6.07) is 0.462. The van der Waals surface area contributed by atoms with Crippen molar-refractivity contribution in [3.05, 3.63) is 0 Å². The minimum Gasteiger partial charge on any atom is -0.469 e. The normalized spacial score (nSPS) is 31.5. The van der Waals surface area contributed by atoms with Crippen LogP contribution in [0.15, 0.2) is 0 Å². The minimum atomic E-state index is -0.0243. The molecule has 0 spiro atoms. The fraction of sp³-hybridized carbons (Fsp3) is 0.941. The van der Waals surface area contributed by atoms with E-state index in [9.17, 15) is 4.79 Å². The van der Waals surface area contributed by atoms with E-state index in [-0.39, 0.29) is 11.9 Å². The molecule has 120 valence electrons. The fourth-order valence-corrected chi connectivity index (χ4v) is 3.90. The predicted molar refractivity (Wildman–Crippen MR) is 83.0 cm³/mol. The summed E-state index contributed by atoms with van der Waals surface area (Å²) in [5, 5.41) is 3.72. The fourth-order valence-electron chi connectivity index (χ4n) is 3.90. The zero-order chi connectivity index (χ0) is 14.7. The summed E-state index contributed by atoms with van der Waals surface area (Å²) in [5.74, 6) is 1.78. The Hall–Kier alpha value is -0.610. The first-order chi connectivity index (χ1) is 10.2. The Balaban J connectivity index is 1.51. The van der Waals surface area contributed by atoms with Crippen LogP contribution >= 0.6 is 0 Å². The summed E-state index contributed by atoms with van der Waals surface area (Å²) in [7, 11) is 1.52. The standard InChI is InChI=1S/C17H30N2O2/c1-21-17(20)15-8-16(18-9-13-4-2-5-13)12-19(11-15)10-14-6-3-7-14/h13-16,18H,2-12H2,1H3. The summed E-state index contributed by atoms with van der Waals surface area (Å²) in [6.07, 6.45) is 9.25. The van der Waals surface area contributed by atoms with Gasteiger partial charge in [-0.3, -0.25) is 4.79 Å². The number of esters is 1. The molecule has 0 aromatic carbocycles. The van der Waals surface area contributed by atoms with Gasteiger partial charge in [-0.05, 0) is 50.5 Å². The van der Waals surface area contributed by atoms with Crippen molar-refractivity contribution in [2.45, 2.75) is 51.0 Å². The average molecular weight is 294 g/mol. The van der Waals surface area contributed by atoms with Gasteiger partial charge in [-0.1, -0.05) is 12.8 Å². The third kappa shape index (κ3) is 3.98. The molecule has 0 aromatic heterocycles. The molecule has 2 unspecified atom stereocenters. The molecule has 1 saturated heterocycles. The van der Waals surface area contributed by atoms with E-state index in [0.29, 0.717) is 6.04 Å². The number of nitrogens with zero attached hydrogens (tertiary/aromatic N) is 1. The highest BCUT2D eigenvalue weighted by Gasteiger charge is 2.34. The van der Waals surface area contributed by atoms with Gasteiger partial charge in [0.15, 0.2) is 0 Å². The zero-order valence-electron chi connectivity index (χ0n) is 13.4. The van der Waals surface area contributed by atoms with Gasteiger partial charge in [0.05, 0.1) is 13.0 Å². The maximum Gasteiger partial charge on any atom is 0.310 e. The van der Waals surface area contributed by atoms with Crippen LogP contribution in [0.3, 0.4) is 0 Å². The highest BCUT2D eigenvalue weighted by Crippen LogP contribution is 2.30. The van der Waals surface area contributed by atoms with Crippen LogP contribution in [0.1, 0.15) is 44.9 Å². The molecule has 4 heteroatoms. The number of hydrogen-bond donors (Lipinski definition) is 1. The molecule has 4 nitrogen and oxygen atoms in total. The molecule has 1 aliphatic heterocycles. The van der Waals surface area contributed by atoms with Crippen molar-refractivity contribution in [1.29, 1.82) is 0 Å². The quantitative estimate of drug-likeness (QED) is 0.761. The number of piperidine rings is 1. The molecule has 0 radical (unpaired) electrons. The van der Waals surface area contributed by atoms with E-state index >= 15 is 0 Å². The monoisotopic (exact) mass is 294 g/mol. The van der Waals surface area contributed by atoms with Crippen molar-refractivity contribution >= 4 is 5.97 Å². The first-order valence-electron chi connectivity index (χ1n) is 8.78. The van der Waals surface area contributed by atoms with Gasteiger partial charge in [0.1, 0.15) is 0 Å². The minimum absolute atomic E-state index is 0.0243. The molecule has 3 rings (SSSR count). The van der Waals surface area contributed by atoms with Gasteiger partial charge in [0.25, 0.3) is 0 Å². The highest BCUT2D eigenvalue weighted by atomic mass is 16.5. The summed E-state index contributed by atoms with van der Waals surface area (Å²) >= 11 is 0. The van der Waals surface area contributed by atoms with E-state index in [2.05, 4.69) is 10.2 Å². The molecule has 2 saturated carbocycles. The van der Waals surface area contributed by atoms with Crippen LogP contribution in [0.4, 0.5) is 0 Å². The van der Waals surface area contributed by atoms with Crippen LogP contribution < -0.4 is 5.32 Å². The summed E-state index contributed by atoms with van der Waals surface area (Å²) in [4.78, 5) is 14.5. The van der Waals surface area contributed by atoms with Gasteiger partial charge >= 0.3 is 5.97 Å². The lowest BCUT2D eigenvalue weighted by atomic mass is 9.83. The van der Waals surface area contributed by atoms with E-state index in [1.54, 1.807) is 0 Å². The van der Waals surface area contributed by atoms with Crippen LogP contribution in [0.5, 0.6) is 0 Å². The van der Waals surface area contributed by atoms with Crippen molar-refractivity contribution in [2.75, 3.05) is 33.3 Å². The van der Waals surface area contributed by atoms with Crippen molar-refractivity contribution < 1.29 is 9.53 Å². The topological polar surface area (TPSA) is 41.6 Å². The third-order valence-corrected chi connectivity index (χ3v) is 5.72. The predicted octanol–water partition coefficient (Wildman–Crippen LogP) is 2.04. The van der Waals surface area contributed by atoms with Gasteiger partial charge in [0.2, 0.25) is 0 Å². The van der Waals surface area contributed by atoms with Gasteiger partial charge in [-0.25, -0.2) is 0 Å². The molecular formula is C17H30N2O2. The number of methoxy groups -OCH3 is 1. The lowest BCUT2D eigenvalue weighted by Gasteiger charge is -2.41. The molecule has 3 aliphatic rings. The number of nitrogens with one attached hydrogen (secondary N) is 1. The summed E-state index contributed by atoms with van der Waals surface area (Å²) in [5.41, 5.74) is 0. The molecule has 2 aliphatic carbocycles. The highest BCUT2D eigenvalue weighted by molar-refractivity contribution is 5.72. The lowest BCUT2D eigenvalue weighted by molar-refractivity contribution is -0.148. The van der Waals surface area contributed by atoms with Crippen LogP contribution in [-0.2, 0) is 9.53 Å². The molecule has 1 heterocycles. The first-order valence-corrected chi connectivity index (χ1v) is 8.78. The first kappa shape index (κ1) is 15.3. The number of carbonyl (C=O) groups is 1. The maximum absolute atomic E-state index is 12.0. The number of carbonyl (C=O) groups excluding carboxylic acids is 1. The molecular weight excluding hydrogens is 264 g/mol. The van der Waals surface area contributed by atoms with E-state index in [1.807, 2.05) is 0 Å². The molecule has 2 atom stereocenters. The summed E-state index contributed by atoms with van der Waals surface area (Å²) < 4.78 is 5.00. The van der Waals surface area contributed by atoms with Crippen LogP contribution in [0.25, 0.3) is 0 Å². The smallest absolute Gasteiger partial charge is 0.310 e. The van der Waals surface area contributed by atoms with E-state index in [4.69, 9.17) is 4.74 Å². The van der Waals surface area contributed by atoms with E-state index in [1.165, 1.54) is 52.2 Å². The van der Waals surface area contributed by atoms with Crippen molar-refractivity contribution in [2.24, 2.45) is 17.8 Å². The Kier molecular flexibility index (Phi) is 5.17. The molecule has 21 heavy (non-hydrogen) atoms. The summed E-state index contributed by atoms with van der Waals surface area (Å²) in [6.45, 7) is 4.31. The van der Waals surface area contributed by atoms with Crippen molar-refractivity contribution in [3.8, 4) is 0 Å². The lowest BCUT2D eigenvalue weighted by Crippen LogP contribution is -2.53. The van der Waals surface area contributed by atoms with Crippen LogP contribution in [-0.4, -0.2) is 50.2 Å². The van der Waals surface area contributed by atoms with E-state index < -0.39 is 0 Å². The second-order valence-corrected chi connectivity index (χ2v) is 7.37. The molecule has 0 aromatic rings. The van der Waals surface area contributed by atoms with E-state index in [0.717, 1.165) is 37.9 Å². The van der Waals surface area contributed by atoms with Crippen molar-refractivity contribution in [3.63, 3.8) is 0 Å². The Labute approximate surface area is 128 Å². The third-order valence-electron chi connectivity index (χ3n) is 5.72. The number of likely N-dealkylation sites (tertiary alicyclic amines) is 1. The Bertz CT molecular complexity index is 353. The molecule has 1 N–H and O–H groups in total. The Morgan fingerprint density at radius 2 is 1.86 bits per heavy atom. The van der Waals surface area contributed by atoms with Gasteiger partial charge in [0, 0.05) is 25.7 Å². The van der Waals surface area contributed by atoms with Gasteiger partial charge < -0.3 is 15.0 Å². The SMILES string of the molecule is COC(=O)C1CC(NCC2CCC2)CN(CC2CCC2)C1. The number of hydrogen-bond acceptors (Lipinski definition) is 4. The molecule has 0 amide bonds. The van der Waals surface area contributed by atoms with Crippen LogP contribution in [0.2, 0.25) is 0 Å². The average Bonchev–Trinajstić information content (AvgIpc) is 2.40. The Morgan fingerprint density at radius 1 is 1.14 bits per heavy atom. The van der Waals surface area contributed by atoms with Gasteiger partial charge in [-0.15, -0.1) is 0 Å².